The summed E-state index contributed by atoms with van der Waals surface area (Å²) in [6.45, 7) is 4.73. The van der Waals surface area contributed by atoms with Gasteiger partial charge in [-0.15, -0.1) is 0 Å². The second-order valence-corrected chi connectivity index (χ2v) is 6.33. The number of nitrogens with one attached hydrogen (secondary N) is 1. The lowest BCUT2D eigenvalue weighted by atomic mass is 10.1. The first kappa shape index (κ1) is 18.2. The van der Waals surface area contributed by atoms with Crippen molar-refractivity contribution in [2.75, 3.05) is 26.0 Å². The molecule has 0 atom stereocenters. The number of aromatic carboxylic acids is 1. The summed E-state index contributed by atoms with van der Waals surface area (Å²) < 4.78 is 9.44. The maximum Gasteiger partial charge on any atom is 0.344 e. The maximum absolute atomic E-state index is 11.6. The molecular weight excluding hydrogens is 306 g/mol. The van der Waals surface area contributed by atoms with Gasteiger partial charge in [0.15, 0.2) is 5.56 Å². The molecule has 0 saturated carbocycles. The lowest BCUT2D eigenvalue weighted by Crippen LogP contribution is -2.27. The number of urea groups is 1. The molecule has 1 heterocycles. The molecule has 0 bridgehead atoms. The molecule has 0 radical (unpaired) electrons. The zero-order valence-electron chi connectivity index (χ0n) is 13.4. The van der Waals surface area contributed by atoms with Crippen molar-refractivity contribution in [3.63, 3.8) is 0 Å². The van der Waals surface area contributed by atoms with Crippen molar-refractivity contribution in [1.29, 1.82) is 0 Å². The second kappa shape index (κ2) is 8.57. The van der Waals surface area contributed by atoms with E-state index < -0.39 is 12.0 Å². The van der Waals surface area contributed by atoms with Gasteiger partial charge in [0, 0.05) is 14.1 Å². The van der Waals surface area contributed by atoms with Gasteiger partial charge >= 0.3 is 12.0 Å². The Hall–Kier alpha value is -1.83. The highest BCUT2D eigenvalue weighted by molar-refractivity contribution is 7.11. The fourth-order valence-corrected chi connectivity index (χ4v) is 2.40. The highest BCUT2D eigenvalue weighted by Gasteiger charge is 2.23. The number of aromatic nitrogens is 1. The highest BCUT2D eigenvalue weighted by atomic mass is 32.1. The Morgan fingerprint density at radius 2 is 2.05 bits per heavy atom. The molecule has 0 aliphatic rings. The molecule has 1 aromatic heterocycles. The molecule has 0 saturated heterocycles. The minimum absolute atomic E-state index is 0.0658. The van der Waals surface area contributed by atoms with Crippen LogP contribution in [0.2, 0.25) is 0 Å². The van der Waals surface area contributed by atoms with Crippen LogP contribution in [0.3, 0.4) is 0 Å². The summed E-state index contributed by atoms with van der Waals surface area (Å²) in [4.78, 5) is 24.3. The van der Waals surface area contributed by atoms with Crippen LogP contribution in [0.4, 0.5) is 9.80 Å². The molecule has 0 spiro atoms. The number of rotatable bonds is 8. The third kappa shape index (κ3) is 5.51. The minimum atomic E-state index is -1.17. The lowest BCUT2D eigenvalue weighted by Gasteiger charge is -2.11. The summed E-state index contributed by atoms with van der Waals surface area (Å²) >= 11 is 0.904. The fourth-order valence-electron chi connectivity index (χ4n) is 1.68. The van der Waals surface area contributed by atoms with E-state index in [0.717, 1.165) is 30.8 Å². The number of amides is 2. The number of hydrogen-bond acceptors (Lipinski definition) is 5. The first-order valence-electron chi connectivity index (χ1n) is 7.17. The molecule has 1 aromatic rings. The van der Waals surface area contributed by atoms with Crippen molar-refractivity contribution in [3.05, 3.63) is 5.56 Å². The molecule has 0 aliphatic carbocycles. The Kier molecular flexibility index (Phi) is 7.10. The van der Waals surface area contributed by atoms with Crippen LogP contribution in [-0.4, -0.2) is 47.1 Å². The average Bonchev–Trinajstić information content (AvgIpc) is 2.80. The molecule has 1 rings (SSSR count). The van der Waals surface area contributed by atoms with E-state index in [-0.39, 0.29) is 16.4 Å². The molecule has 0 unspecified atom stereocenters. The van der Waals surface area contributed by atoms with E-state index in [4.69, 9.17) is 4.74 Å². The first-order valence-corrected chi connectivity index (χ1v) is 7.94. The van der Waals surface area contributed by atoms with Gasteiger partial charge in [-0.25, -0.2) is 9.59 Å². The van der Waals surface area contributed by atoms with Gasteiger partial charge < -0.3 is 14.7 Å². The van der Waals surface area contributed by atoms with Crippen LogP contribution in [0.15, 0.2) is 0 Å². The molecule has 2 amide bonds. The Balaban J connectivity index is 2.65. The first-order chi connectivity index (χ1) is 10.3. The number of unbranched alkanes of at least 4 members (excludes halogenated alkanes) is 1. The van der Waals surface area contributed by atoms with E-state index >= 15 is 0 Å². The van der Waals surface area contributed by atoms with Crippen LogP contribution >= 0.6 is 11.5 Å². The normalized spacial score (nSPS) is 10.6. The third-order valence-electron chi connectivity index (χ3n) is 2.92. The van der Waals surface area contributed by atoms with E-state index in [0.29, 0.717) is 12.5 Å². The smallest absolute Gasteiger partial charge is 0.344 e. The number of ether oxygens (including phenoxy) is 1. The monoisotopic (exact) mass is 329 g/mol. The van der Waals surface area contributed by atoms with E-state index in [1.165, 1.54) is 4.90 Å². The van der Waals surface area contributed by atoms with Crippen LogP contribution < -0.4 is 10.1 Å². The maximum atomic E-state index is 11.6. The second-order valence-electron chi connectivity index (χ2n) is 5.56. The minimum Gasteiger partial charge on any atom is -0.477 e. The molecule has 22 heavy (non-hydrogen) atoms. The topological polar surface area (TPSA) is 91.8 Å². The summed E-state index contributed by atoms with van der Waals surface area (Å²) in [5.74, 6) is -0.460. The zero-order valence-corrected chi connectivity index (χ0v) is 14.2. The summed E-state index contributed by atoms with van der Waals surface area (Å²) in [5.41, 5.74) is -0.0935. The Labute approximate surface area is 134 Å². The number of carbonyl (C=O) groups is 2. The predicted octanol–water partition coefficient (Wildman–Crippen LogP) is 3.14. The molecule has 0 fully saturated rings. The summed E-state index contributed by atoms with van der Waals surface area (Å²) in [6.07, 6.45) is 2.97. The standard InChI is InChI=1S/C14H23N3O4S/c1-9(2)7-5-6-8-21-11-10(13(18)19)12(22-16-11)15-14(20)17(3)4/h9H,5-8H2,1-4H3,(H,15,20)(H,18,19). The number of hydrogen-bond donors (Lipinski definition) is 2. The number of anilines is 1. The molecule has 8 heteroatoms. The van der Waals surface area contributed by atoms with Crippen molar-refractivity contribution in [3.8, 4) is 5.88 Å². The Morgan fingerprint density at radius 3 is 2.59 bits per heavy atom. The van der Waals surface area contributed by atoms with Gasteiger partial charge in [0.2, 0.25) is 5.88 Å². The van der Waals surface area contributed by atoms with Crippen molar-refractivity contribution < 1.29 is 19.4 Å². The van der Waals surface area contributed by atoms with E-state index in [9.17, 15) is 14.7 Å². The summed E-state index contributed by atoms with van der Waals surface area (Å²) in [7, 11) is 3.14. The SMILES string of the molecule is CC(C)CCCCOc1nsc(NC(=O)N(C)C)c1C(=O)O. The largest absolute Gasteiger partial charge is 0.477 e. The predicted molar refractivity (Wildman–Crippen MR) is 86.0 cm³/mol. The van der Waals surface area contributed by atoms with Crippen molar-refractivity contribution in [2.24, 2.45) is 5.92 Å². The van der Waals surface area contributed by atoms with E-state index in [2.05, 4.69) is 23.5 Å². The fraction of sp³-hybridized carbons (Fsp3) is 0.643. The number of carboxylic acids is 1. The quantitative estimate of drug-likeness (QED) is 0.715. The van der Waals surface area contributed by atoms with Gasteiger partial charge in [-0.3, -0.25) is 5.32 Å². The van der Waals surface area contributed by atoms with Crippen LogP contribution in [0.1, 0.15) is 43.5 Å². The van der Waals surface area contributed by atoms with Crippen LogP contribution in [0, 0.1) is 5.92 Å². The number of carbonyl (C=O) groups excluding carboxylic acids is 1. The van der Waals surface area contributed by atoms with Gasteiger partial charge in [0.05, 0.1) is 6.61 Å². The van der Waals surface area contributed by atoms with Crippen molar-refractivity contribution in [1.82, 2.24) is 9.27 Å². The molecule has 124 valence electrons. The zero-order chi connectivity index (χ0) is 16.7. The van der Waals surface area contributed by atoms with Crippen molar-refractivity contribution >= 4 is 28.5 Å². The Morgan fingerprint density at radius 1 is 1.36 bits per heavy atom. The molecular formula is C14H23N3O4S. The van der Waals surface area contributed by atoms with Crippen molar-refractivity contribution in [2.45, 2.75) is 33.1 Å². The van der Waals surface area contributed by atoms with E-state index in [1.54, 1.807) is 14.1 Å². The summed E-state index contributed by atoms with van der Waals surface area (Å²) in [6, 6.07) is -0.408. The number of nitrogens with zero attached hydrogens (tertiary/aromatic N) is 2. The molecule has 0 aliphatic heterocycles. The van der Waals surface area contributed by atoms with Crippen LogP contribution in [0.5, 0.6) is 5.88 Å². The lowest BCUT2D eigenvalue weighted by molar-refractivity contribution is 0.0693. The molecule has 0 aromatic carbocycles. The van der Waals surface area contributed by atoms with Crippen LogP contribution in [-0.2, 0) is 0 Å². The van der Waals surface area contributed by atoms with Gasteiger partial charge in [-0.05, 0) is 30.3 Å². The third-order valence-corrected chi connectivity index (χ3v) is 3.66. The van der Waals surface area contributed by atoms with Gasteiger partial charge in [0.25, 0.3) is 0 Å². The molecule has 2 N–H and O–H groups in total. The number of carboxylic acid groups (broad SMARTS) is 1. The molecule has 7 nitrogen and oxygen atoms in total. The van der Waals surface area contributed by atoms with Gasteiger partial charge in [0.1, 0.15) is 5.00 Å². The van der Waals surface area contributed by atoms with Gasteiger partial charge in [-0.1, -0.05) is 20.3 Å². The highest BCUT2D eigenvalue weighted by Crippen LogP contribution is 2.31. The summed E-state index contributed by atoms with van der Waals surface area (Å²) in [5, 5.41) is 12.0. The van der Waals surface area contributed by atoms with E-state index in [1.807, 2.05) is 0 Å². The Bertz CT molecular complexity index is 514. The van der Waals surface area contributed by atoms with Gasteiger partial charge in [-0.2, -0.15) is 4.37 Å². The van der Waals surface area contributed by atoms with Crippen LogP contribution in [0.25, 0.3) is 0 Å². The average molecular weight is 329 g/mol.